The van der Waals surface area contributed by atoms with E-state index in [4.69, 9.17) is 26.4 Å². The number of hydrogen-bond donors (Lipinski definition) is 1. The van der Waals surface area contributed by atoms with Gasteiger partial charge < -0.3 is 14.5 Å². The minimum absolute atomic E-state index is 0.0400. The number of nitrogens with zero attached hydrogens (tertiary/aromatic N) is 6. The SMILES string of the molecule is Cc1cn2nc([C@@H]3CCCCN3C(=O)c3cc(Cl)ccc3NS(C)(=O)=O)cc2nc1N1CC(Oc2ccccn2)C1. The second-order valence-corrected chi connectivity index (χ2v) is 12.7. The van der Waals surface area contributed by atoms with Crippen LogP contribution >= 0.6 is 11.6 Å². The number of ether oxygens (including phenoxy) is 1. The first kappa shape index (κ1) is 27.3. The number of halogens is 1. The van der Waals surface area contributed by atoms with Gasteiger partial charge in [0.2, 0.25) is 15.9 Å². The van der Waals surface area contributed by atoms with E-state index < -0.39 is 10.0 Å². The highest BCUT2D eigenvalue weighted by molar-refractivity contribution is 7.92. The molecule has 5 heterocycles. The Labute approximate surface area is 243 Å². The van der Waals surface area contributed by atoms with Crippen LogP contribution in [0.2, 0.25) is 5.02 Å². The second kappa shape index (κ2) is 10.8. The number of aromatic nitrogens is 4. The van der Waals surface area contributed by atoms with Gasteiger partial charge in [-0.25, -0.2) is 22.9 Å². The molecule has 41 heavy (non-hydrogen) atoms. The lowest BCUT2D eigenvalue weighted by atomic mass is 9.98. The van der Waals surface area contributed by atoms with Gasteiger partial charge in [0.1, 0.15) is 11.9 Å². The molecule has 1 aromatic carbocycles. The predicted molar refractivity (Wildman–Crippen MR) is 156 cm³/mol. The molecule has 13 heteroatoms. The molecule has 2 aliphatic rings. The average Bonchev–Trinajstić information content (AvgIpc) is 3.33. The van der Waals surface area contributed by atoms with Crippen LogP contribution in [0, 0.1) is 6.92 Å². The molecule has 1 atom stereocenters. The van der Waals surface area contributed by atoms with Crippen LogP contribution in [-0.4, -0.2) is 70.8 Å². The number of pyridine rings is 1. The van der Waals surface area contributed by atoms with Crippen LogP contribution in [0.4, 0.5) is 11.5 Å². The Morgan fingerprint density at radius 3 is 2.73 bits per heavy atom. The second-order valence-electron chi connectivity index (χ2n) is 10.5. The summed E-state index contributed by atoms with van der Waals surface area (Å²) >= 11 is 6.21. The first-order valence-electron chi connectivity index (χ1n) is 13.4. The number of likely N-dealkylation sites (tertiary alicyclic amines) is 1. The largest absolute Gasteiger partial charge is 0.471 e. The Morgan fingerprint density at radius 2 is 1.98 bits per heavy atom. The molecular formula is C28H30ClN7O4S. The number of aryl methyl sites for hydroxylation is 1. The van der Waals surface area contributed by atoms with E-state index in [0.29, 0.717) is 36.2 Å². The Bertz CT molecular complexity index is 1710. The minimum Gasteiger partial charge on any atom is -0.471 e. The van der Waals surface area contributed by atoms with Gasteiger partial charge in [0, 0.05) is 41.7 Å². The number of hydrogen-bond acceptors (Lipinski definition) is 8. The van der Waals surface area contributed by atoms with E-state index in [1.807, 2.05) is 37.4 Å². The molecule has 11 nitrogen and oxygen atoms in total. The highest BCUT2D eigenvalue weighted by Gasteiger charge is 2.34. The van der Waals surface area contributed by atoms with E-state index in [1.54, 1.807) is 21.7 Å². The van der Waals surface area contributed by atoms with Gasteiger partial charge in [0.05, 0.1) is 42.3 Å². The summed E-state index contributed by atoms with van der Waals surface area (Å²) in [5.74, 6) is 1.18. The third kappa shape index (κ3) is 5.80. The summed E-state index contributed by atoms with van der Waals surface area (Å²) in [4.78, 5) is 26.9. The molecular weight excluding hydrogens is 566 g/mol. The van der Waals surface area contributed by atoms with Crippen molar-refractivity contribution in [3.8, 4) is 5.88 Å². The molecule has 2 aliphatic heterocycles. The lowest BCUT2D eigenvalue weighted by Crippen LogP contribution is -2.54. The summed E-state index contributed by atoms with van der Waals surface area (Å²) in [6.07, 6.45) is 7.26. The van der Waals surface area contributed by atoms with Crippen molar-refractivity contribution in [1.82, 2.24) is 24.5 Å². The molecule has 214 valence electrons. The van der Waals surface area contributed by atoms with Crippen molar-refractivity contribution in [2.75, 3.05) is 35.5 Å². The van der Waals surface area contributed by atoms with Crippen molar-refractivity contribution in [1.29, 1.82) is 0 Å². The number of anilines is 2. The van der Waals surface area contributed by atoms with E-state index >= 15 is 0 Å². The minimum atomic E-state index is -3.59. The van der Waals surface area contributed by atoms with Crippen LogP contribution in [0.3, 0.4) is 0 Å². The number of benzene rings is 1. The van der Waals surface area contributed by atoms with Gasteiger partial charge in [-0.3, -0.25) is 9.52 Å². The molecule has 0 aliphatic carbocycles. The molecule has 3 aromatic heterocycles. The number of carbonyl (C=O) groups is 1. The summed E-state index contributed by atoms with van der Waals surface area (Å²) in [6.45, 7) is 3.93. The third-order valence-corrected chi connectivity index (χ3v) is 8.14. The first-order chi connectivity index (χ1) is 19.6. The molecule has 0 saturated carbocycles. The van der Waals surface area contributed by atoms with Crippen LogP contribution < -0.4 is 14.4 Å². The molecule has 6 rings (SSSR count). The molecule has 0 radical (unpaired) electrons. The first-order valence-corrected chi connectivity index (χ1v) is 15.7. The fraction of sp³-hybridized carbons (Fsp3) is 0.357. The normalized spacial score (nSPS) is 17.9. The number of amides is 1. The van der Waals surface area contributed by atoms with E-state index in [9.17, 15) is 13.2 Å². The smallest absolute Gasteiger partial charge is 0.256 e. The third-order valence-electron chi connectivity index (χ3n) is 7.31. The summed E-state index contributed by atoms with van der Waals surface area (Å²) in [5, 5.41) is 5.16. The lowest BCUT2D eigenvalue weighted by molar-refractivity contribution is 0.0607. The Balaban J connectivity index is 1.24. The van der Waals surface area contributed by atoms with Crippen molar-refractivity contribution in [2.24, 2.45) is 0 Å². The predicted octanol–water partition coefficient (Wildman–Crippen LogP) is 4.09. The molecule has 2 fully saturated rings. The van der Waals surface area contributed by atoms with E-state index in [0.717, 1.165) is 42.6 Å². The van der Waals surface area contributed by atoms with Crippen LogP contribution in [-0.2, 0) is 10.0 Å². The number of piperidine rings is 1. The Morgan fingerprint density at radius 1 is 1.15 bits per heavy atom. The fourth-order valence-electron chi connectivity index (χ4n) is 5.39. The van der Waals surface area contributed by atoms with Crippen molar-refractivity contribution in [2.45, 2.75) is 38.3 Å². The molecule has 0 unspecified atom stereocenters. The van der Waals surface area contributed by atoms with Crippen molar-refractivity contribution < 1.29 is 17.9 Å². The van der Waals surface area contributed by atoms with Gasteiger partial charge in [-0.05, 0) is 50.5 Å². The standard InChI is InChI=1S/C28H30ClN7O4S/c1-18-15-36-25(31-27(18)34-16-20(17-34)40-26-8-3-5-11-30-26)14-23(32-36)24-7-4-6-12-35(24)28(37)21-13-19(29)9-10-22(21)33-41(2,38)39/h3,5,8-11,13-15,20,24,33H,4,6-7,12,16-17H2,1-2H3/t24-/m0/s1. The van der Waals surface area contributed by atoms with Crippen molar-refractivity contribution >= 4 is 44.7 Å². The quantitative estimate of drug-likeness (QED) is 0.339. The molecule has 2 saturated heterocycles. The van der Waals surface area contributed by atoms with Crippen molar-refractivity contribution in [3.05, 3.63) is 76.7 Å². The van der Waals surface area contributed by atoms with Crippen LogP contribution in [0.1, 0.15) is 46.9 Å². The number of sulfonamides is 1. The van der Waals surface area contributed by atoms with Gasteiger partial charge >= 0.3 is 0 Å². The van der Waals surface area contributed by atoms with Gasteiger partial charge in [-0.15, -0.1) is 0 Å². The van der Waals surface area contributed by atoms with Crippen molar-refractivity contribution in [3.63, 3.8) is 0 Å². The number of rotatable bonds is 7. The maximum atomic E-state index is 13.8. The van der Waals surface area contributed by atoms with Crippen LogP contribution in [0.15, 0.2) is 54.9 Å². The Hall–Kier alpha value is -3.90. The fourth-order valence-corrected chi connectivity index (χ4v) is 6.14. The highest BCUT2D eigenvalue weighted by Crippen LogP contribution is 2.34. The molecule has 0 bridgehead atoms. The van der Waals surface area contributed by atoms with Gasteiger partial charge in [0.15, 0.2) is 5.65 Å². The maximum absolute atomic E-state index is 13.8. The number of carbonyl (C=O) groups excluding carboxylic acids is 1. The lowest BCUT2D eigenvalue weighted by Gasteiger charge is -2.40. The summed E-state index contributed by atoms with van der Waals surface area (Å²) < 4.78 is 34.0. The summed E-state index contributed by atoms with van der Waals surface area (Å²) in [7, 11) is -3.59. The number of nitrogens with one attached hydrogen (secondary N) is 1. The van der Waals surface area contributed by atoms with Crippen LogP contribution in [0.5, 0.6) is 5.88 Å². The van der Waals surface area contributed by atoms with Gasteiger partial charge in [-0.2, -0.15) is 5.10 Å². The molecule has 4 aromatic rings. The topological polar surface area (TPSA) is 122 Å². The van der Waals surface area contributed by atoms with E-state index in [1.165, 1.54) is 12.1 Å². The zero-order valence-corrected chi connectivity index (χ0v) is 24.3. The average molecular weight is 596 g/mol. The van der Waals surface area contributed by atoms with Gasteiger partial charge in [-0.1, -0.05) is 17.7 Å². The Kier molecular flexibility index (Phi) is 7.20. The molecule has 1 amide bonds. The molecule has 1 N–H and O–H groups in total. The maximum Gasteiger partial charge on any atom is 0.256 e. The number of fused-ring (bicyclic) bond motifs is 1. The van der Waals surface area contributed by atoms with E-state index in [2.05, 4.69) is 14.6 Å². The zero-order chi connectivity index (χ0) is 28.7. The summed E-state index contributed by atoms with van der Waals surface area (Å²) in [5.41, 5.74) is 2.81. The van der Waals surface area contributed by atoms with Gasteiger partial charge in [0.25, 0.3) is 5.91 Å². The summed E-state index contributed by atoms with van der Waals surface area (Å²) in [6, 6.07) is 11.8. The van der Waals surface area contributed by atoms with Crippen LogP contribution in [0.25, 0.3) is 5.65 Å². The monoisotopic (exact) mass is 595 g/mol. The zero-order valence-electron chi connectivity index (χ0n) is 22.7. The highest BCUT2D eigenvalue weighted by atomic mass is 35.5. The molecule has 0 spiro atoms. The van der Waals surface area contributed by atoms with E-state index in [-0.39, 0.29) is 29.3 Å².